The number of thiophene rings is 1. The number of benzene rings is 2. The van der Waals surface area contributed by atoms with E-state index in [-0.39, 0.29) is 17.2 Å². The van der Waals surface area contributed by atoms with Crippen LogP contribution in [-0.4, -0.2) is 16.9 Å². The highest BCUT2D eigenvalue weighted by Crippen LogP contribution is 2.24. The lowest BCUT2D eigenvalue weighted by Gasteiger charge is -2.09. The van der Waals surface area contributed by atoms with Crippen molar-refractivity contribution in [2.24, 2.45) is 0 Å². The molecule has 2 aromatic carbocycles. The van der Waals surface area contributed by atoms with Gasteiger partial charge in [0.1, 0.15) is 5.75 Å². The van der Waals surface area contributed by atoms with Crippen LogP contribution in [-0.2, 0) is 0 Å². The Labute approximate surface area is 156 Å². The van der Waals surface area contributed by atoms with Gasteiger partial charge in [-0.1, -0.05) is 28.1 Å². The predicted octanol–water partition coefficient (Wildman–Crippen LogP) is 4.72. The van der Waals surface area contributed by atoms with Crippen LogP contribution in [0.2, 0.25) is 0 Å². The summed E-state index contributed by atoms with van der Waals surface area (Å²) in [5, 5.41) is 17.1. The van der Waals surface area contributed by atoms with E-state index in [0.717, 1.165) is 0 Å². The fraction of sp³-hybridized carbons (Fsp3) is 0. The van der Waals surface area contributed by atoms with Crippen molar-refractivity contribution in [3.05, 3.63) is 74.9 Å². The van der Waals surface area contributed by atoms with E-state index < -0.39 is 5.91 Å². The molecule has 3 N–H and O–H groups in total. The zero-order valence-electron chi connectivity index (χ0n) is 12.8. The maximum absolute atomic E-state index is 12.3. The molecule has 0 saturated heterocycles. The average molecular weight is 417 g/mol. The van der Waals surface area contributed by atoms with Crippen LogP contribution < -0.4 is 10.6 Å². The summed E-state index contributed by atoms with van der Waals surface area (Å²) in [5.41, 5.74) is 1.23. The van der Waals surface area contributed by atoms with Gasteiger partial charge >= 0.3 is 0 Å². The molecular weight excluding hydrogens is 404 g/mol. The number of rotatable bonds is 4. The largest absolute Gasteiger partial charge is 0.507 e. The van der Waals surface area contributed by atoms with Crippen molar-refractivity contribution in [3.8, 4) is 5.75 Å². The van der Waals surface area contributed by atoms with Crippen molar-refractivity contribution in [2.45, 2.75) is 0 Å². The molecule has 3 rings (SSSR count). The van der Waals surface area contributed by atoms with E-state index in [1.54, 1.807) is 42.5 Å². The Balaban J connectivity index is 1.74. The maximum Gasteiger partial charge on any atom is 0.265 e. The van der Waals surface area contributed by atoms with Crippen LogP contribution in [0.5, 0.6) is 5.75 Å². The molecule has 0 radical (unpaired) electrons. The van der Waals surface area contributed by atoms with Gasteiger partial charge in [-0.25, -0.2) is 0 Å². The Kier molecular flexibility index (Phi) is 5.16. The van der Waals surface area contributed by atoms with Crippen LogP contribution in [0.25, 0.3) is 0 Å². The van der Waals surface area contributed by atoms with Crippen molar-refractivity contribution < 1.29 is 14.7 Å². The smallest absolute Gasteiger partial charge is 0.265 e. The second kappa shape index (κ2) is 7.50. The standard InChI is InChI=1S/C18H13BrN2O3S/c19-11-6-7-15(22)14(9-11)17(23)20-12-3-1-4-13(10-12)21-18(24)16-5-2-8-25-16/h1-10,22H,(H,20,23)(H,21,24). The van der Waals surface area contributed by atoms with Crippen LogP contribution in [0.1, 0.15) is 20.0 Å². The van der Waals surface area contributed by atoms with Crippen molar-refractivity contribution in [1.29, 1.82) is 0 Å². The Morgan fingerprint density at radius 3 is 2.32 bits per heavy atom. The Hall–Kier alpha value is -2.64. The number of hydrogen-bond acceptors (Lipinski definition) is 4. The van der Waals surface area contributed by atoms with Crippen LogP contribution >= 0.6 is 27.3 Å². The zero-order valence-corrected chi connectivity index (χ0v) is 15.2. The number of halogens is 1. The summed E-state index contributed by atoms with van der Waals surface area (Å²) in [6.07, 6.45) is 0. The van der Waals surface area contributed by atoms with Crippen molar-refractivity contribution >= 4 is 50.5 Å². The molecule has 25 heavy (non-hydrogen) atoms. The third kappa shape index (κ3) is 4.26. The average Bonchev–Trinajstić information content (AvgIpc) is 3.12. The molecule has 0 aliphatic carbocycles. The van der Waals surface area contributed by atoms with Gasteiger partial charge in [-0.05, 0) is 47.8 Å². The number of carbonyl (C=O) groups excluding carboxylic acids is 2. The summed E-state index contributed by atoms with van der Waals surface area (Å²) in [6.45, 7) is 0. The SMILES string of the molecule is O=C(Nc1cccc(NC(=O)c2cc(Br)ccc2O)c1)c1cccs1. The summed E-state index contributed by atoms with van der Waals surface area (Å²) >= 11 is 4.62. The first-order valence-electron chi connectivity index (χ1n) is 7.28. The first-order valence-corrected chi connectivity index (χ1v) is 8.95. The molecule has 0 spiro atoms. The van der Waals surface area contributed by atoms with Gasteiger partial charge < -0.3 is 15.7 Å². The Morgan fingerprint density at radius 1 is 0.920 bits per heavy atom. The number of carbonyl (C=O) groups is 2. The number of hydrogen-bond donors (Lipinski definition) is 3. The lowest BCUT2D eigenvalue weighted by atomic mass is 10.2. The fourth-order valence-electron chi connectivity index (χ4n) is 2.16. The van der Waals surface area contributed by atoms with E-state index in [1.165, 1.54) is 23.5 Å². The van der Waals surface area contributed by atoms with Crippen LogP contribution in [0.3, 0.4) is 0 Å². The molecule has 126 valence electrons. The van der Waals surface area contributed by atoms with Gasteiger partial charge in [0.2, 0.25) is 0 Å². The summed E-state index contributed by atoms with van der Waals surface area (Å²) in [6, 6.07) is 15.0. The molecule has 2 amide bonds. The second-order valence-electron chi connectivity index (χ2n) is 5.13. The molecule has 3 aromatic rings. The first-order chi connectivity index (χ1) is 12.0. The number of phenols is 1. The van der Waals surface area contributed by atoms with Gasteiger partial charge in [0.05, 0.1) is 10.4 Å². The van der Waals surface area contributed by atoms with Crippen LogP contribution in [0.4, 0.5) is 11.4 Å². The van der Waals surface area contributed by atoms with Crippen molar-refractivity contribution in [1.82, 2.24) is 0 Å². The molecule has 0 fully saturated rings. The zero-order chi connectivity index (χ0) is 17.8. The highest BCUT2D eigenvalue weighted by molar-refractivity contribution is 9.10. The molecular formula is C18H13BrN2O3S. The Bertz CT molecular complexity index is 926. The highest BCUT2D eigenvalue weighted by atomic mass is 79.9. The summed E-state index contributed by atoms with van der Waals surface area (Å²) in [5.74, 6) is -0.758. The van der Waals surface area contributed by atoms with Gasteiger partial charge in [-0.2, -0.15) is 0 Å². The Morgan fingerprint density at radius 2 is 1.64 bits per heavy atom. The number of anilines is 2. The minimum atomic E-state index is -0.444. The number of aromatic hydroxyl groups is 1. The molecule has 0 unspecified atom stereocenters. The number of phenolic OH excluding ortho intramolecular Hbond substituents is 1. The molecule has 7 heteroatoms. The summed E-state index contributed by atoms with van der Waals surface area (Å²) in [7, 11) is 0. The summed E-state index contributed by atoms with van der Waals surface area (Å²) in [4.78, 5) is 25.0. The van der Waals surface area contributed by atoms with E-state index in [4.69, 9.17) is 0 Å². The quantitative estimate of drug-likeness (QED) is 0.575. The number of amides is 2. The molecule has 0 bridgehead atoms. The minimum Gasteiger partial charge on any atom is -0.507 e. The highest BCUT2D eigenvalue weighted by Gasteiger charge is 2.13. The monoisotopic (exact) mass is 416 g/mol. The van der Waals surface area contributed by atoms with Crippen molar-refractivity contribution in [2.75, 3.05) is 10.6 Å². The molecule has 0 aliphatic heterocycles. The van der Waals surface area contributed by atoms with Crippen LogP contribution in [0, 0.1) is 0 Å². The van der Waals surface area contributed by atoms with E-state index >= 15 is 0 Å². The minimum absolute atomic E-state index is 0.108. The van der Waals surface area contributed by atoms with Gasteiger partial charge in [0, 0.05) is 15.8 Å². The van der Waals surface area contributed by atoms with E-state index in [9.17, 15) is 14.7 Å². The molecule has 5 nitrogen and oxygen atoms in total. The van der Waals surface area contributed by atoms with E-state index in [0.29, 0.717) is 20.7 Å². The van der Waals surface area contributed by atoms with Crippen LogP contribution in [0.15, 0.2) is 64.5 Å². The van der Waals surface area contributed by atoms with Gasteiger partial charge in [-0.15, -0.1) is 11.3 Å². The molecule has 1 heterocycles. The normalized spacial score (nSPS) is 10.3. The van der Waals surface area contributed by atoms with E-state index in [2.05, 4.69) is 26.6 Å². The second-order valence-corrected chi connectivity index (χ2v) is 6.99. The number of nitrogens with one attached hydrogen (secondary N) is 2. The van der Waals surface area contributed by atoms with E-state index in [1.807, 2.05) is 5.38 Å². The first kappa shape index (κ1) is 17.2. The summed E-state index contributed by atoms with van der Waals surface area (Å²) < 4.78 is 0.687. The fourth-order valence-corrected chi connectivity index (χ4v) is 3.14. The van der Waals surface area contributed by atoms with Crippen molar-refractivity contribution in [3.63, 3.8) is 0 Å². The lowest BCUT2D eigenvalue weighted by molar-refractivity contribution is 0.101. The predicted molar refractivity (Wildman–Crippen MR) is 102 cm³/mol. The molecule has 0 atom stereocenters. The molecule has 0 saturated carbocycles. The lowest BCUT2D eigenvalue weighted by Crippen LogP contribution is -2.13. The maximum atomic E-state index is 12.3. The third-order valence-corrected chi connectivity index (χ3v) is 4.69. The topological polar surface area (TPSA) is 78.4 Å². The molecule has 1 aromatic heterocycles. The van der Waals surface area contributed by atoms with Gasteiger partial charge in [0.25, 0.3) is 11.8 Å². The van der Waals surface area contributed by atoms with Gasteiger partial charge in [0.15, 0.2) is 0 Å². The third-order valence-electron chi connectivity index (χ3n) is 3.33. The molecule has 0 aliphatic rings. The van der Waals surface area contributed by atoms with Gasteiger partial charge in [-0.3, -0.25) is 9.59 Å².